The Morgan fingerprint density at radius 1 is 0.821 bits per heavy atom. The Bertz CT molecular complexity index is 1020. The number of nitrogens with zero attached hydrogens (tertiary/aromatic N) is 3. The predicted octanol–water partition coefficient (Wildman–Crippen LogP) is 4.69. The molecule has 0 aliphatic rings. The molecule has 140 valence electrons. The number of anilines is 3. The quantitative estimate of drug-likeness (QED) is 0.350. The number of nitro groups is 2. The zero-order valence-corrected chi connectivity index (χ0v) is 14.5. The van der Waals surface area contributed by atoms with Crippen LogP contribution < -0.4 is 10.7 Å². The second-order valence-electron chi connectivity index (χ2n) is 5.67. The van der Waals surface area contributed by atoms with E-state index in [1.807, 2.05) is 24.3 Å². The molecule has 0 aliphatic heterocycles. The fraction of sp³-hybridized carbons (Fsp3) is 0. The minimum absolute atomic E-state index is 0.114. The lowest BCUT2D eigenvalue weighted by Crippen LogP contribution is -2.04. The maximum Gasteiger partial charge on any atom is 0.287 e. The van der Waals surface area contributed by atoms with Gasteiger partial charge in [0.2, 0.25) is 0 Å². The van der Waals surface area contributed by atoms with Crippen LogP contribution in [0.5, 0.6) is 0 Å². The van der Waals surface area contributed by atoms with Crippen molar-refractivity contribution in [1.82, 2.24) is 0 Å². The second kappa shape index (κ2) is 8.41. The van der Waals surface area contributed by atoms with E-state index in [0.717, 1.165) is 6.07 Å². The van der Waals surface area contributed by atoms with E-state index in [4.69, 9.17) is 0 Å². The average molecular weight is 377 g/mol. The third-order valence-electron chi connectivity index (χ3n) is 3.76. The molecular formula is C19H15N5O4. The molecule has 0 amide bonds. The number of nitrogens with one attached hydrogen (secondary N) is 2. The molecule has 0 bridgehead atoms. The summed E-state index contributed by atoms with van der Waals surface area (Å²) in [7, 11) is 0. The van der Waals surface area contributed by atoms with E-state index in [1.54, 1.807) is 36.4 Å². The van der Waals surface area contributed by atoms with Crippen molar-refractivity contribution in [3.8, 4) is 0 Å². The molecule has 3 rings (SSSR count). The number of nitro benzene ring substituents is 2. The van der Waals surface area contributed by atoms with E-state index in [9.17, 15) is 20.2 Å². The molecule has 0 saturated heterocycles. The molecule has 3 aromatic rings. The SMILES string of the molecule is O=[N+]([O-])c1cc(Nc2ccccc2)c(C=NNc2ccccc2)c([N+](=O)[O-])c1. The summed E-state index contributed by atoms with van der Waals surface area (Å²) in [6, 6.07) is 20.0. The Labute approximate surface area is 159 Å². The van der Waals surface area contributed by atoms with Gasteiger partial charge >= 0.3 is 0 Å². The van der Waals surface area contributed by atoms with Crippen molar-refractivity contribution in [3.63, 3.8) is 0 Å². The lowest BCUT2D eigenvalue weighted by atomic mass is 10.1. The fourth-order valence-corrected chi connectivity index (χ4v) is 2.48. The van der Waals surface area contributed by atoms with Crippen molar-refractivity contribution in [2.24, 2.45) is 5.10 Å². The Balaban J connectivity index is 2.03. The van der Waals surface area contributed by atoms with Gasteiger partial charge < -0.3 is 5.32 Å². The van der Waals surface area contributed by atoms with Crippen LogP contribution in [0, 0.1) is 20.2 Å². The number of para-hydroxylation sites is 2. The third kappa shape index (κ3) is 4.47. The Morgan fingerprint density at radius 3 is 2.00 bits per heavy atom. The molecule has 0 aliphatic carbocycles. The monoisotopic (exact) mass is 377 g/mol. The van der Waals surface area contributed by atoms with Gasteiger partial charge in [0.15, 0.2) is 0 Å². The standard InChI is InChI=1S/C19H15N5O4/c25-23(26)16-11-18(21-14-7-3-1-4-8-14)17(19(12-16)24(27)28)13-20-22-15-9-5-2-6-10-15/h1-13,21-22H. The number of hydrogen-bond acceptors (Lipinski definition) is 7. The van der Waals surface area contributed by atoms with Gasteiger partial charge in [0, 0.05) is 11.8 Å². The van der Waals surface area contributed by atoms with Crippen molar-refractivity contribution >= 4 is 34.7 Å². The van der Waals surface area contributed by atoms with Gasteiger partial charge in [-0.1, -0.05) is 36.4 Å². The van der Waals surface area contributed by atoms with E-state index in [0.29, 0.717) is 11.4 Å². The summed E-state index contributed by atoms with van der Waals surface area (Å²) in [5.41, 5.74) is 3.59. The van der Waals surface area contributed by atoms with Crippen LogP contribution in [0.15, 0.2) is 77.9 Å². The van der Waals surface area contributed by atoms with E-state index in [-0.39, 0.29) is 11.3 Å². The molecule has 3 aromatic carbocycles. The first-order chi connectivity index (χ1) is 13.5. The molecule has 9 heteroatoms. The van der Waals surface area contributed by atoms with Crippen molar-refractivity contribution in [3.05, 3.63) is 98.6 Å². The van der Waals surface area contributed by atoms with Crippen LogP contribution >= 0.6 is 0 Å². The minimum Gasteiger partial charge on any atom is -0.355 e. The van der Waals surface area contributed by atoms with Crippen LogP contribution in [0.2, 0.25) is 0 Å². The zero-order chi connectivity index (χ0) is 19.9. The number of hydrogen-bond donors (Lipinski definition) is 2. The molecule has 0 aromatic heterocycles. The molecular weight excluding hydrogens is 362 g/mol. The van der Waals surface area contributed by atoms with Crippen molar-refractivity contribution < 1.29 is 9.85 Å². The topological polar surface area (TPSA) is 123 Å². The van der Waals surface area contributed by atoms with Crippen molar-refractivity contribution in [2.45, 2.75) is 0 Å². The van der Waals surface area contributed by atoms with Crippen LogP contribution in [0.25, 0.3) is 0 Å². The van der Waals surface area contributed by atoms with Crippen LogP contribution in [0.4, 0.5) is 28.4 Å². The molecule has 0 saturated carbocycles. The summed E-state index contributed by atoms with van der Waals surface area (Å²) >= 11 is 0. The first-order valence-electron chi connectivity index (χ1n) is 8.17. The average Bonchev–Trinajstić information content (AvgIpc) is 2.70. The maximum atomic E-state index is 11.5. The molecule has 0 heterocycles. The molecule has 2 N–H and O–H groups in total. The Hall–Kier alpha value is -4.27. The highest BCUT2D eigenvalue weighted by molar-refractivity contribution is 5.95. The van der Waals surface area contributed by atoms with Gasteiger partial charge in [0.05, 0.1) is 39.1 Å². The van der Waals surface area contributed by atoms with Gasteiger partial charge in [-0.2, -0.15) is 5.10 Å². The van der Waals surface area contributed by atoms with Crippen LogP contribution in [0.1, 0.15) is 5.56 Å². The Kier molecular flexibility index (Phi) is 5.56. The van der Waals surface area contributed by atoms with Crippen molar-refractivity contribution in [2.75, 3.05) is 10.7 Å². The molecule has 0 fully saturated rings. The van der Waals surface area contributed by atoms with Gasteiger partial charge in [0.1, 0.15) is 0 Å². The second-order valence-corrected chi connectivity index (χ2v) is 5.67. The normalized spacial score (nSPS) is 10.6. The number of benzene rings is 3. The number of rotatable bonds is 7. The van der Waals surface area contributed by atoms with Gasteiger partial charge in [-0.05, 0) is 24.3 Å². The lowest BCUT2D eigenvalue weighted by molar-refractivity contribution is -0.394. The maximum absolute atomic E-state index is 11.5. The highest BCUT2D eigenvalue weighted by atomic mass is 16.6. The minimum atomic E-state index is -0.674. The first-order valence-corrected chi connectivity index (χ1v) is 8.17. The van der Waals surface area contributed by atoms with Gasteiger partial charge in [-0.3, -0.25) is 25.7 Å². The van der Waals surface area contributed by atoms with Crippen LogP contribution in [0.3, 0.4) is 0 Å². The molecule has 0 atom stereocenters. The fourth-order valence-electron chi connectivity index (χ4n) is 2.48. The summed E-state index contributed by atoms with van der Waals surface area (Å²) in [5.74, 6) is 0. The van der Waals surface area contributed by atoms with E-state index < -0.39 is 21.2 Å². The molecule has 0 unspecified atom stereocenters. The van der Waals surface area contributed by atoms with Crippen LogP contribution in [-0.4, -0.2) is 16.1 Å². The molecule has 9 nitrogen and oxygen atoms in total. The third-order valence-corrected chi connectivity index (χ3v) is 3.76. The lowest BCUT2D eigenvalue weighted by Gasteiger charge is -2.10. The van der Waals surface area contributed by atoms with Crippen LogP contribution in [-0.2, 0) is 0 Å². The molecule has 28 heavy (non-hydrogen) atoms. The van der Waals surface area contributed by atoms with Gasteiger partial charge in [-0.15, -0.1) is 0 Å². The first kappa shape index (κ1) is 18.5. The smallest absolute Gasteiger partial charge is 0.287 e. The number of non-ortho nitro benzene ring substituents is 1. The van der Waals surface area contributed by atoms with E-state index >= 15 is 0 Å². The summed E-state index contributed by atoms with van der Waals surface area (Å²) in [6.07, 6.45) is 1.26. The highest BCUT2D eigenvalue weighted by Crippen LogP contribution is 2.33. The molecule has 0 spiro atoms. The predicted molar refractivity (Wildman–Crippen MR) is 107 cm³/mol. The van der Waals surface area contributed by atoms with Gasteiger partial charge in [-0.25, -0.2) is 0 Å². The van der Waals surface area contributed by atoms with E-state index in [1.165, 1.54) is 12.3 Å². The Morgan fingerprint density at radius 2 is 1.43 bits per heavy atom. The molecule has 0 radical (unpaired) electrons. The van der Waals surface area contributed by atoms with E-state index in [2.05, 4.69) is 15.8 Å². The highest BCUT2D eigenvalue weighted by Gasteiger charge is 2.23. The number of hydrazone groups is 1. The van der Waals surface area contributed by atoms with Crippen molar-refractivity contribution in [1.29, 1.82) is 0 Å². The van der Waals surface area contributed by atoms with Gasteiger partial charge in [0.25, 0.3) is 11.4 Å². The largest absolute Gasteiger partial charge is 0.355 e. The summed E-state index contributed by atoms with van der Waals surface area (Å²) < 4.78 is 0. The zero-order valence-electron chi connectivity index (χ0n) is 14.5. The summed E-state index contributed by atoms with van der Waals surface area (Å²) in [4.78, 5) is 21.4. The summed E-state index contributed by atoms with van der Waals surface area (Å²) in [6.45, 7) is 0. The summed E-state index contributed by atoms with van der Waals surface area (Å²) in [5, 5.41) is 29.7.